The van der Waals surface area contributed by atoms with Crippen molar-refractivity contribution in [3.8, 4) is 0 Å². The van der Waals surface area contributed by atoms with Gasteiger partial charge in [0.1, 0.15) is 5.78 Å². The van der Waals surface area contributed by atoms with Crippen molar-refractivity contribution in [3.63, 3.8) is 0 Å². The Morgan fingerprint density at radius 3 is 2.10 bits per heavy atom. The van der Waals surface area contributed by atoms with Crippen molar-refractivity contribution in [1.29, 1.82) is 0 Å². The van der Waals surface area contributed by atoms with E-state index in [1.165, 1.54) is 0 Å². The fourth-order valence-corrected chi connectivity index (χ4v) is 3.28. The minimum atomic E-state index is -0.765. The summed E-state index contributed by atoms with van der Waals surface area (Å²) in [5.41, 5.74) is 0. The van der Waals surface area contributed by atoms with Crippen LogP contribution < -0.4 is 0 Å². The molecule has 0 saturated heterocycles. The number of allylic oxidation sites excluding steroid dienone is 9. The highest BCUT2D eigenvalue weighted by molar-refractivity contribution is 8.00. The molecule has 0 aliphatic rings. The van der Waals surface area contributed by atoms with Crippen LogP contribution in [0, 0.1) is 0 Å². The molecule has 5 heteroatoms. The lowest BCUT2D eigenvalue weighted by Crippen LogP contribution is -2.09. The van der Waals surface area contributed by atoms with Gasteiger partial charge in [0, 0.05) is 30.3 Å². The summed E-state index contributed by atoms with van der Waals surface area (Å²) in [5, 5.41) is 17.7. The van der Waals surface area contributed by atoms with Gasteiger partial charge in [-0.25, -0.2) is 0 Å². The predicted molar refractivity (Wildman–Crippen MR) is 124 cm³/mol. The highest BCUT2D eigenvalue weighted by Crippen LogP contribution is 2.17. The number of hydrogen-bond donors (Lipinski definition) is 2. The molecule has 0 aromatic carbocycles. The van der Waals surface area contributed by atoms with Gasteiger partial charge in [-0.15, -0.1) is 0 Å². The van der Waals surface area contributed by atoms with Gasteiger partial charge in [0.2, 0.25) is 0 Å². The Morgan fingerprint density at radius 1 is 0.897 bits per heavy atom. The molecule has 0 aliphatic carbocycles. The van der Waals surface area contributed by atoms with E-state index in [0.29, 0.717) is 25.0 Å². The number of thioether (sulfide) groups is 1. The number of aliphatic hydroxyl groups excluding tert-OH is 1. The highest BCUT2D eigenvalue weighted by Gasteiger charge is 2.10. The van der Waals surface area contributed by atoms with Gasteiger partial charge in [-0.2, -0.15) is 11.8 Å². The zero-order valence-electron chi connectivity index (χ0n) is 17.5. The van der Waals surface area contributed by atoms with E-state index in [4.69, 9.17) is 10.2 Å². The number of rotatable bonds is 18. The zero-order chi connectivity index (χ0) is 21.6. The number of aliphatic carboxylic acids is 1. The van der Waals surface area contributed by atoms with Crippen LogP contribution in [0.1, 0.15) is 58.3 Å². The second-order valence-electron chi connectivity index (χ2n) is 6.44. The van der Waals surface area contributed by atoms with Crippen molar-refractivity contribution in [2.24, 2.45) is 0 Å². The quantitative estimate of drug-likeness (QED) is 0.280. The van der Waals surface area contributed by atoms with Gasteiger partial charge in [0.25, 0.3) is 0 Å². The largest absolute Gasteiger partial charge is 0.481 e. The van der Waals surface area contributed by atoms with E-state index in [0.717, 1.165) is 25.7 Å². The van der Waals surface area contributed by atoms with Crippen molar-refractivity contribution >= 4 is 23.5 Å². The molecule has 29 heavy (non-hydrogen) atoms. The first-order chi connectivity index (χ1) is 14.1. The molecule has 4 nitrogen and oxygen atoms in total. The molecule has 162 valence electrons. The molecular formula is C24H36O4S. The van der Waals surface area contributed by atoms with Gasteiger partial charge >= 0.3 is 5.97 Å². The maximum Gasteiger partial charge on any atom is 0.303 e. The second-order valence-corrected chi connectivity index (χ2v) is 7.79. The van der Waals surface area contributed by atoms with E-state index in [2.05, 4.69) is 43.4 Å². The van der Waals surface area contributed by atoms with Crippen LogP contribution in [-0.4, -0.2) is 39.6 Å². The lowest BCUT2D eigenvalue weighted by Gasteiger charge is -2.10. The Labute approximate surface area is 180 Å². The number of carbonyl (C=O) groups is 2. The summed E-state index contributed by atoms with van der Waals surface area (Å²) in [5.74, 6) is 0.101. The van der Waals surface area contributed by atoms with Crippen LogP contribution in [0.25, 0.3) is 0 Å². The molecular weight excluding hydrogens is 384 g/mol. The summed E-state index contributed by atoms with van der Waals surface area (Å²) >= 11 is 1.62. The highest BCUT2D eigenvalue weighted by atomic mass is 32.2. The second kappa shape index (κ2) is 20.9. The SMILES string of the molecule is CC/C=C\CC(=O)CC(/C=C\C/C=C\C/C=C\C/C=C\CCC(=O)O)SCCO. The Kier molecular flexibility index (Phi) is 19.5. The van der Waals surface area contributed by atoms with Crippen LogP contribution in [0.4, 0.5) is 0 Å². The lowest BCUT2D eigenvalue weighted by atomic mass is 10.1. The first kappa shape index (κ1) is 27.1. The molecule has 1 unspecified atom stereocenters. The maximum absolute atomic E-state index is 12.0. The van der Waals surface area contributed by atoms with Crippen molar-refractivity contribution < 1.29 is 19.8 Å². The molecule has 0 saturated carbocycles. The standard InChI is InChI=1S/C24H36O4S/c1-2-3-13-16-22(26)21-23(29-20-19-25)17-14-11-9-7-5-4-6-8-10-12-15-18-24(27)28/h3-4,6-7,9-10,12-14,17,23,25H,2,5,8,11,15-16,18-21H2,1H3,(H,27,28)/b6-4-,9-7-,12-10-,13-3-,17-14-. The van der Waals surface area contributed by atoms with Gasteiger partial charge in [-0.1, -0.05) is 67.7 Å². The topological polar surface area (TPSA) is 74.6 Å². The fraction of sp³-hybridized carbons (Fsp3) is 0.500. The van der Waals surface area contributed by atoms with Crippen LogP contribution in [0.15, 0.2) is 60.8 Å². The van der Waals surface area contributed by atoms with Gasteiger partial charge in [0.05, 0.1) is 6.61 Å². The summed E-state index contributed by atoms with van der Waals surface area (Å²) in [7, 11) is 0. The van der Waals surface area contributed by atoms with E-state index < -0.39 is 5.97 Å². The van der Waals surface area contributed by atoms with E-state index >= 15 is 0 Å². The number of carbonyl (C=O) groups excluding carboxylic acids is 1. The maximum atomic E-state index is 12.0. The number of carboxylic acid groups (broad SMARTS) is 1. The molecule has 0 fully saturated rings. The fourth-order valence-electron chi connectivity index (χ4n) is 2.35. The molecule has 0 amide bonds. The zero-order valence-corrected chi connectivity index (χ0v) is 18.4. The first-order valence-corrected chi connectivity index (χ1v) is 11.4. The third kappa shape index (κ3) is 20.7. The van der Waals surface area contributed by atoms with E-state index in [1.54, 1.807) is 11.8 Å². The molecule has 0 spiro atoms. The Hall–Kier alpha value is -1.85. The molecule has 0 radical (unpaired) electrons. The molecule has 0 aromatic rings. The monoisotopic (exact) mass is 420 g/mol. The molecule has 0 bridgehead atoms. The normalized spacial score (nSPS) is 13.6. The van der Waals surface area contributed by atoms with Gasteiger partial charge in [-0.3, -0.25) is 9.59 Å². The van der Waals surface area contributed by atoms with Crippen molar-refractivity contribution in [3.05, 3.63) is 60.8 Å². The molecule has 1 atom stereocenters. The van der Waals surface area contributed by atoms with Crippen LogP contribution in [0.5, 0.6) is 0 Å². The van der Waals surface area contributed by atoms with Crippen molar-refractivity contribution in [1.82, 2.24) is 0 Å². The van der Waals surface area contributed by atoms with Crippen LogP contribution in [0.3, 0.4) is 0 Å². The van der Waals surface area contributed by atoms with Crippen molar-refractivity contribution in [2.75, 3.05) is 12.4 Å². The Bertz CT molecular complexity index is 573. The van der Waals surface area contributed by atoms with Gasteiger partial charge in [-0.05, 0) is 32.1 Å². The van der Waals surface area contributed by atoms with E-state index in [9.17, 15) is 9.59 Å². The predicted octanol–water partition coefficient (Wildman–Crippen LogP) is 5.66. The smallest absolute Gasteiger partial charge is 0.303 e. The van der Waals surface area contributed by atoms with Crippen LogP contribution in [0.2, 0.25) is 0 Å². The average Bonchev–Trinajstić information content (AvgIpc) is 2.69. The summed E-state index contributed by atoms with van der Waals surface area (Å²) in [6, 6.07) is 0. The summed E-state index contributed by atoms with van der Waals surface area (Å²) < 4.78 is 0. The van der Waals surface area contributed by atoms with E-state index in [1.807, 2.05) is 24.3 Å². The first-order valence-electron chi connectivity index (χ1n) is 10.3. The summed E-state index contributed by atoms with van der Waals surface area (Å²) in [6.07, 6.45) is 25.5. The van der Waals surface area contributed by atoms with Crippen LogP contribution >= 0.6 is 11.8 Å². The third-order valence-electron chi connectivity index (χ3n) is 3.79. The molecule has 2 N–H and O–H groups in total. The number of Topliss-reactive ketones (excluding diaryl/α,β-unsaturated/α-hetero) is 1. The average molecular weight is 421 g/mol. The van der Waals surface area contributed by atoms with E-state index in [-0.39, 0.29) is 24.1 Å². The third-order valence-corrected chi connectivity index (χ3v) is 4.96. The van der Waals surface area contributed by atoms with Crippen molar-refractivity contribution in [2.45, 2.75) is 63.5 Å². The number of ketones is 1. The minimum absolute atomic E-state index is 0.117. The summed E-state index contributed by atoms with van der Waals surface area (Å²) in [6.45, 7) is 2.18. The Balaban J connectivity index is 4.09. The number of aliphatic hydroxyl groups is 1. The van der Waals surface area contributed by atoms with Gasteiger partial charge < -0.3 is 10.2 Å². The molecule has 0 aromatic heterocycles. The number of hydrogen-bond acceptors (Lipinski definition) is 4. The Morgan fingerprint density at radius 2 is 1.52 bits per heavy atom. The molecule has 0 aliphatic heterocycles. The minimum Gasteiger partial charge on any atom is -0.481 e. The lowest BCUT2D eigenvalue weighted by molar-refractivity contribution is -0.136. The number of carboxylic acids is 1. The molecule has 0 rings (SSSR count). The van der Waals surface area contributed by atoms with Crippen LogP contribution in [-0.2, 0) is 9.59 Å². The molecule has 0 heterocycles. The summed E-state index contributed by atoms with van der Waals surface area (Å²) in [4.78, 5) is 22.4. The van der Waals surface area contributed by atoms with Gasteiger partial charge in [0.15, 0.2) is 0 Å².